The molecule has 0 aromatic heterocycles. The minimum absolute atomic E-state index is 0. The predicted molar refractivity (Wildman–Crippen MR) is 143 cm³/mol. The summed E-state index contributed by atoms with van der Waals surface area (Å²) in [7, 11) is -0.493. The summed E-state index contributed by atoms with van der Waals surface area (Å²) in [6, 6.07) is 35.0. The predicted octanol–water partition coefficient (Wildman–Crippen LogP) is 1.58. The molecule has 35 heavy (non-hydrogen) atoms. The van der Waals surface area contributed by atoms with Crippen LogP contribution < -0.4 is 40.7 Å². The molecule has 0 bridgehead atoms. The van der Waals surface area contributed by atoms with E-state index in [-0.39, 0.29) is 46.5 Å². The van der Waals surface area contributed by atoms with Crippen LogP contribution in [-0.4, -0.2) is 0 Å². The summed E-state index contributed by atoms with van der Waals surface area (Å²) in [5.74, 6) is 0. The Morgan fingerprint density at radius 1 is 0.829 bits per heavy atom. The number of benzene rings is 3. The van der Waals surface area contributed by atoms with Crippen LogP contribution in [-0.2, 0) is 21.7 Å². The Morgan fingerprint density at radius 2 is 1.40 bits per heavy atom. The van der Waals surface area contributed by atoms with Gasteiger partial charge in [0.25, 0.3) is 0 Å². The summed E-state index contributed by atoms with van der Waals surface area (Å²) >= 11 is 0. The van der Waals surface area contributed by atoms with Gasteiger partial charge in [-0.15, -0.1) is 53.7 Å². The molecule has 0 nitrogen and oxygen atoms in total. The van der Waals surface area contributed by atoms with Gasteiger partial charge >= 0.3 is 21.7 Å². The Labute approximate surface area is 239 Å². The third-order valence-corrected chi connectivity index (χ3v) is 8.27. The van der Waals surface area contributed by atoms with Crippen molar-refractivity contribution >= 4 is 34.6 Å². The number of rotatable bonds is 6. The van der Waals surface area contributed by atoms with Crippen LogP contribution in [0.5, 0.6) is 0 Å². The van der Waals surface area contributed by atoms with E-state index in [1.54, 1.807) is 0 Å². The molecule has 0 atom stereocenters. The van der Waals surface area contributed by atoms with E-state index in [1.807, 2.05) is 0 Å². The third-order valence-electron chi connectivity index (χ3n) is 5.87. The number of fused-ring (bicyclic) bond motifs is 1. The normalized spacial score (nSPS) is 11.9. The number of unbranched alkanes of at least 4 members (excludes halogenated alkanes) is 1. The largest absolute Gasteiger partial charge is 4.00 e. The first-order chi connectivity index (χ1) is 15.8. The first kappa shape index (κ1) is 31.5. The maximum absolute atomic E-state index is 3.37. The second-order valence-electron chi connectivity index (χ2n) is 8.20. The van der Waals surface area contributed by atoms with Crippen LogP contribution in [0.3, 0.4) is 0 Å². The Kier molecular flexibility index (Phi) is 14.6. The van der Waals surface area contributed by atoms with Crippen molar-refractivity contribution in [3.05, 3.63) is 120 Å². The van der Waals surface area contributed by atoms with Crippen LogP contribution in [0.15, 0.2) is 114 Å². The van der Waals surface area contributed by atoms with Gasteiger partial charge < -0.3 is 24.8 Å². The van der Waals surface area contributed by atoms with E-state index in [2.05, 4.69) is 123 Å². The molecule has 4 aromatic rings. The van der Waals surface area contributed by atoms with Crippen molar-refractivity contribution in [3.63, 3.8) is 0 Å². The van der Waals surface area contributed by atoms with E-state index in [1.165, 1.54) is 57.1 Å². The van der Waals surface area contributed by atoms with E-state index in [9.17, 15) is 0 Å². The number of hydrogen-bond donors (Lipinski definition) is 0. The Balaban J connectivity index is 0.000000407. The van der Waals surface area contributed by atoms with Crippen LogP contribution in [0.25, 0.3) is 10.8 Å². The Morgan fingerprint density at radius 3 is 1.91 bits per heavy atom. The molecule has 4 heteroatoms. The number of halogens is 2. The molecular formula is C31H31Cl2PTi. The van der Waals surface area contributed by atoms with Gasteiger partial charge in [0.1, 0.15) is 0 Å². The van der Waals surface area contributed by atoms with Crippen molar-refractivity contribution in [1.29, 1.82) is 0 Å². The third kappa shape index (κ3) is 8.53. The molecule has 0 unspecified atom stereocenters. The fourth-order valence-corrected chi connectivity index (χ4v) is 6.46. The molecule has 0 fully saturated rings. The molecule has 0 heterocycles. The van der Waals surface area contributed by atoms with E-state index < -0.39 is 7.92 Å². The van der Waals surface area contributed by atoms with Crippen molar-refractivity contribution in [1.82, 2.24) is 0 Å². The molecule has 0 radical (unpaired) electrons. The van der Waals surface area contributed by atoms with Gasteiger partial charge in [-0.25, -0.2) is 11.1 Å². The molecule has 0 spiro atoms. The summed E-state index contributed by atoms with van der Waals surface area (Å²) in [6.07, 6.45) is 10.5. The fourth-order valence-electron chi connectivity index (χ4n) is 4.09. The van der Waals surface area contributed by atoms with Gasteiger partial charge in [-0.2, -0.15) is 12.1 Å². The summed E-state index contributed by atoms with van der Waals surface area (Å²) in [6.45, 7) is 4.42. The molecule has 5 rings (SSSR count). The SMILES string of the molecule is CCCCC1=[C-]CC=C1C.[Cl-].[Cl-].[Ti+4].c1ccc(P(c2ccccc2)c2cc3ccccc3[cH-]2)cc1. The van der Waals surface area contributed by atoms with Gasteiger partial charge in [0.2, 0.25) is 0 Å². The summed E-state index contributed by atoms with van der Waals surface area (Å²) in [4.78, 5) is 0. The van der Waals surface area contributed by atoms with E-state index in [0.717, 1.165) is 6.42 Å². The van der Waals surface area contributed by atoms with Crippen LogP contribution >= 0.6 is 7.92 Å². The molecule has 1 aliphatic rings. The van der Waals surface area contributed by atoms with Gasteiger partial charge in [-0.1, -0.05) is 92.9 Å². The fraction of sp³-hybridized carbons (Fsp3) is 0.194. The zero-order valence-corrected chi connectivity index (χ0v) is 24.3. The molecule has 4 aromatic carbocycles. The molecule has 0 saturated heterocycles. The summed E-state index contributed by atoms with van der Waals surface area (Å²) in [5.41, 5.74) is 2.91. The smallest absolute Gasteiger partial charge is 1.00 e. The van der Waals surface area contributed by atoms with E-state index >= 15 is 0 Å². The van der Waals surface area contributed by atoms with Crippen molar-refractivity contribution in [3.8, 4) is 0 Å². The Hall–Kier alpha value is -1.53. The minimum Gasteiger partial charge on any atom is -1.00 e. The second kappa shape index (κ2) is 16.3. The summed E-state index contributed by atoms with van der Waals surface area (Å²) < 4.78 is 0. The molecule has 1 aliphatic carbocycles. The van der Waals surface area contributed by atoms with E-state index in [4.69, 9.17) is 0 Å². The Bertz CT molecular complexity index is 1120. The van der Waals surface area contributed by atoms with Crippen LogP contribution in [0, 0.1) is 6.08 Å². The van der Waals surface area contributed by atoms with Gasteiger partial charge in [-0.3, -0.25) is 6.08 Å². The van der Waals surface area contributed by atoms with Crippen molar-refractivity contribution in [2.75, 3.05) is 0 Å². The average Bonchev–Trinajstić information content (AvgIpc) is 3.45. The van der Waals surface area contributed by atoms with Crippen LogP contribution in [0.4, 0.5) is 0 Å². The molecule has 0 N–H and O–H groups in total. The monoisotopic (exact) mass is 552 g/mol. The van der Waals surface area contributed by atoms with Gasteiger partial charge in [-0.05, 0) is 18.5 Å². The molecular weight excluding hydrogens is 522 g/mol. The first-order valence-electron chi connectivity index (χ1n) is 11.6. The zero-order chi connectivity index (χ0) is 22.2. The molecule has 0 aliphatic heterocycles. The number of hydrogen-bond acceptors (Lipinski definition) is 0. The minimum atomic E-state index is -0.493. The standard InChI is InChI=1S/C21H16P.C10H15.2ClH.Ti/c1-3-11-19(12-4-1)22(20-13-5-2-6-14-20)21-15-17-9-7-8-10-18(17)16-21;1-3-4-7-10-8-5-6-9(10)2;;;/h1-16H;6H,3-5,7H2,1-2H3;2*1H;/q2*-1;;;+4/p-2. The second-order valence-corrected chi connectivity index (χ2v) is 10.4. The van der Waals surface area contributed by atoms with Gasteiger partial charge in [0.05, 0.1) is 0 Å². The van der Waals surface area contributed by atoms with Gasteiger partial charge in [0.15, 0.2) is 0 Å². The van der Waals surface area contributed by atoms with E-state index in [0.29, 0.717) is 0 Å². The zero-order valence-electron chi connectivity index (χ0n) is 20.3. The molecule has 0 amide bonds. The topological polar surface area (TPSA) is 0 Å². The van der Waals surface area contributed by atoms with Crippen LogP contribution in [0.2, 0.25) is 0 Å². The molecule has 0 saturated carbocycles. The quantitative estimate of drug-likeness (QED) is 0.194. The maximum Gasteiger partial charge on any atom is 4.00 e. The van der Waals surface area contributed by atoms with Crippen molar-refractivity contribution in [2.45, 2.75) is 39.5 Å². The molecule has 178 valence electrons. The number of allylic oxidation sites excluding steroid dienone is 4. The van der Waals surface area contributed by atoms with Crippen LogP contribution in [0.1, 0.15) is 39.5 Å². The van der Waals surface area contributed by atoms with Gasteiger partial charge in [0, 0.05) is 0 Å². The first-order valence-corrected chi connectivity index (χ1v) is 12.9. The summed E-state index contributed by atoms with van der Waals surface area (Å²) in [5, 5.41) is 6.89. The average molecular weight is 553 g/mol. The van der Waals surface area contributed by atoms with Crippen molar-refractivity contribution in [2.24, 2.45) is 0 Å². The van der Waals surface area contributed by atoms with Crippen molar-refractivity contribution < 1.29 is 46.5 Å². The maximum atomic E-state index is 3.37.